The highest BCUT2D eigenvalue weighted by Gasteiger charge is 2.21. The number of pyridine rings is 2. The molecule has 3 amide bonds. The van der Waals surface area contributed by atoms with Crippen molar-refractivity contribution in [2.24, 2.45) is 0 Å². The molecule has 14 heteroatoms. The van der Waals surface area contributed by atoms with Gasteiger partial charge in [0.15, 0.2) is 11.5 Å². The SMILES string of the molecule is Cc1cc(NC(=O)c2ccc3cc4n(c3n2)CCCNC4=O)no1.O=C(O)c1ccc2cc3n(c2n1)CCCNC3=O. The monoisotopic (exact) mass is 570 g/mol. The lowest BCUT2D eigenvalue weighted by molar-refractivity contribution is 0.0690. The summed E-state index contributed by atoms with van der Waals surface area (Å²) in [4.78, 5) is 55.7. The Balaban J connectivity index is 0.000000157. The third-order valence-electron chi connectivity index (χ3n) is 6.96. The van der Waals surface area contributed by atoms with Gasteiger partial charge in [0.2, 0.25) is 0 Å². The van der Waals surface area contributed by atoms with Gasteiger partial charge in [-0.05, 0) is 56.2 Å². The number of aromatic carboxylic acids is 1. The quantitative estimate of drug-likeness (QED) is 0.253. The first-order valence-corrected chi connectivity index (χ1v) is 13.3. The van der Waals surface area contributed by atoms with Crippen LogP contribution in [0.1, 0.15) is 60.6 Å². The topological polar surface area (TPSA) is 186 Å². The maximum Gasteiger partial charge on any atom is 0.354 e. The van der Waals surface area contributed by atoms with E-state index in [1.807, 2.05) is 4.57 Å². The molecule has 5 aromatic heterocycles. The second kappa shape index (κ2) is 10.8. The number of anilines is 1. The summed E-state index contributed by atoms with van der Waals surface area (Å²) in [6.07, 6.45) is 1.63. The van der Waals surface area contributed by atoms with Gasteiger partial charge in [-0.25, -0.2) is 14.8 Å². The maximum atomic E-state index is 12.3. The van der Waals surface area contributed by atoms with Gasteiger partial charge >= 0.3 is 5.97 Å². The van der Waals surface area contributed by atoms with E-state index in [-0.39, 0.29) is 29.1 Å². The average Bonchev–Trinajstić information content (AvgIpc) is 3.59. The number of carbonyl (C=O) groups excluding carboxylic acids is 3. The van der Waals surface area contributed by atoms with Crippen molar-refractivity contribution < 1.29 is 28.8 Å². The maximum absolute atomic E-state index is 12.3. The molecule has 0 aromatic carbocycles. The number of carboxylic acids is 1. The lowest BCUT2D eigenvalue weighted by atomic mass is 10.2. The summed E-state index contributed by atoms with van der Waals surface area (Å²) in [5, 5.41) is 22.6. The standard InChI is InChI=1S/C16H15N5O3.C12H11N3O3/c1-9-7-13(20-24-9)19-15(22)11-4-3-10-8-12-16(23)17-5-2-6-21(12)14(10)18-11;16-11-9-6-7-2-3-8(12(17)18)14-10(7)15(9)5-1-4-13-11/h3-4,7-8H,2,5-6H2,1H3,(H,17,23)(H,19,20,22);2-3,6H,1,4-5H2,(H,13,16)(H,17,18). The summed E-state index contributed by atoms with van der Waals surface area (Å²) in [7, 11) is 0. The average molecular weight is 571 g/mol. The Morgan fingerprint density at radius 1 is 0.857 bits per heavy atom. The number of nitrogens with zero attached hydrogens (tertiary/aromatic N) is 5. The minimum Gasteiger partial charge on any atom is -0.477 e. The molecule has 7 heterocycles. The third-order valence-corrected chi connectivity index (χ3v) is 6.96. The third kappa shape index (κ3) is 5.05. The van der Waals surface area contributed by atoms with Crippen LogP contribution in [0.5, 0.6) is 0 Å². The van der Waals surface area contributed by atoms with Gasteiger partial charge in [-0.1, -0.05) is 5.16 Å². The van der Waals surface area contributed by atoms with Gasteiger partial charge in [-0.2, -0.15) is 0 Å². The van der Waals surface area contributed by atoms with Gasteiger partial charge in [0.1, 0.15) is 34.1 Å². The second-order valence-corrected chi connectivity index (χ2v) is 9.88. The van der Waals surface area contributed by atoms with Crippen molar-refractivity contribution in [3.05, 3.63) is 71.0 Å². The summed E-state index contributed by atoms with van der Waals surface area (Å²) >= 11 is 0. The molecule has 0 saturated carbocycles. The van der Waals surface area contributed by atoms with Crippen molar-refractivity contribution in [2.45, 2.75) is 32.9 Å². The summed E-state index contributed by atoms with van der Waals surface area (Å²) in [6.45, 7) is 4.34. The number of rotatable bonds is 3. The first-order chi connectivity index (χ1) is 20.3. The van der Waals surface area contributed by atoms with Crippen LogP contribution in [0.15, 0.2) is 47.0 Å². The molecule has 0 spiro atoms. The van der Waals surface area contributed by atoms with Gasteiger partial charge in [-0.3, -0.25) is 14.4 Å². The van der Waals surface area contributed by atoms with Crippen LogP contribution in [0.4, 0.5) is 5.82 Å². The molecule has 4 N–H and O–H groups in total. The van der Waals surface area contributed by atoms with Crippen LogP contribution >= 0.6 is 0 Å². The molecule has 7 rings (SSSR count). The van der Waals surface area contributed by atoms with Gasteiger partial charge in [0, 0.05) is 43.0 Å². The van der Waals surface area contributed by atoms with Crippen LogP contribution in [0, 0.1) is 6.92 Å². The van der Waals surface area contributed by atoms with E-state index in [1.165, 1.54) is 6.07 Å². The lowest BCUT2D eigenvalue weighted by Crippen LogP contribution is -2.22. The largest absolute Gasteiger partial charge is 0.477 e. The number of nitrogens with one attached hydrogen (secondary N) is 3. The fourth-order valence-electron chi connectivity index (χ4n) is 4.99. The molecule has 214 valence electrons. The van der Waals surface area contributed by atoms with E-state index in [0.29, 0.717) is 60.4 Å². The molecule has 42 heavy (non-hydrogen) atoms. The minimum absolute atomic E-state index is 0.00643. The highest BCUT2D eigenvalue weighted by Crippen LogP contribution is 2.22. The molecule has 2 aliphatic heterocycles. The van der Waals surface area contributed by atoms with Crippen molar-refractivity contribution in [1.29, 1.82) is 0 Å². The van der Waals surface area contributed by atoms with Gasteiger partial charge in [-0.15, -0.1) is 0 Å². The Hall–Kier alpha value is -5.53. The van der Waals surface area contributed by atoms with Crippen molar-refractivity contribution in [3.8, 4) is 0 Å². The van der Waals surface area contributed by atoms with Crippen LogP contribution in [0.3, 0.4) is 0 Å². The van der Waals surface area contributed by atoms with Crippen molar-refractivity contribution in [2.75, 3.05) is 18.4 Å². The Morgan fingerprint density at radius 3 is 1.93 bits per heavy atom. The van der Waals surface area contributed by atoms with E-state index in [1.54, 1.807) is 47.9 Å². The van der Waals surface area contributed by atoms with Crippen molar-refractivity contribution in [1.82, 2.24) is 34.9 Å². The first-order valence-electron chi connectivity index (χ1n) is 13.3. The molecule has 0 atom stereocenters. The minimum atomic E-state index is -1.06. The number of amides is 3. The molecule has 0 radical (unpaired) electrons. The molecule has 0 fully saturated rings. The van der Waals surface area contributed by atoms with Crippen molar-refractivity contribution in [3.63, 3.8) is 0 Å². The van der Waals surface area contributed by atoms with E-state index < -0.39 is 5.97 Å². The highest BCUT2D eigenvalue weighted by molar-refractivity contribution is 6.04. The molecule has 0 bridgehead atoms. The Kier molecular flexibility index (Phi) is 6.86. The molecule has 0 unspecified atom stereocenters. The van der Waals surface area contributed by atoms with Crippen LogP contribution in [0.25, 0.3) is 22.1 Å². The molecule has 0 aliphatic carbocycles. The number of fused-ring (bicyclic) bond motifs is 6. The Labute approximate surface area is 237 Å². The molecule has 0 saturated heterocycles. The van der Waals surface area contributed by atoms with E-state index in [4.69, 9.17) is 9.63 Å². The molecule has 14 nitrogen and oxygen atoms in total. The normalized spacial score (nSPS) is 14.5. The number of aryl methyl sites for hydroxylation is 3. The number of hydrogen-bond donors (Lipinski definition) is 4. The second-order valence-electron chi connectivity index (χ2n) is 9.88. The summed E-state index contributed by atoms with van der Waals surface area (Å²) in [5.41, 5.74) is 2.55. The number of hydrogen-bond acceptors (Lipinski definition) is 8. The highest BCUT2D eigenvalue weighted by atomic mass is 16.5. The fraction of sp³-hybridized carbons (Fsp3) is 0.250. The zero-order valence-electron chi connectivity index (χ0n) is 22.5. The van der Waals surface area contributed by atoms with Crippen LogP contribution in [-0.4, -0.2) is 66.1 Å². The molecule has 2 aliphatic rings. The Bertz CT molecular complexity index is 1880. The van der Waals surface area contributed by atoms with Crippen LogP contribution in [0.2, 0.25) is 0 Å². The molecular formula is C28H26N8O6. The zero-order chi connectivity index (χ0) is 29.4. The van der Waals surface area contributed by atoms with Gasteiger partial charge < -0.3 is 34.7 Å². The predicted octanol–water partition coefficient (Wildman–Crippen LogP) is 2.59. The summed E-state index contributed by atoms with van der Waals surface area (Å²) in [5.74, 6) is -0.745. The first kappa shape index (κ1) is 26.7. The van der Waals surface area contributed by atoms with Crippen LogP contribution < -0.4 is 16.0 Å². The van der Waals surface area contributed by atoms with E-state index in [0.717, 1.165) is 23.6 Å². The number of carbonyl (C=O) groups is 4. The molecular weight excluding hydrogens is 544 g/mol. The summed E-state index contributed by atoms with van der Waals surface area (Å²) in [6, 6.07) is 11.7. The number of aromatic nitrogens is 5. The Morgan fingerprint density at radius 2 is 1.40 bits per heavy atom. The van der Waals surface area contributed by atoms with Gasteiger partial charge in [0.25, 0.3) is 17.7 Å². The summed E-state index contributed by atoms with van der Waals surface area (Å²) < 4.78 is 8.56. The van der Waals surface area contributed by atoms with Crippen molar-refractivity contribution >= 4 is 51.6 Å². The zero-order valence-corrected chi connectivity index (χ0v) is 22.5. The van der Waals surface area contributed by atoms with E-state index in [9.17, 15) is 19.2 Å². The molecule has 5 aromatic rings. The van der Waals surface area contributed by atoms with E-state index in [2.05, 4.69) is 31.1 Å². The predicted molar refractivity (Wildman–Crippen MR) is 150 cm³/mol. The van der Waals surface area contributed by atoms with Crippen LogP contribution in [-0.2, 0) is 13.1 Å². The van der Waals surface area contributed by atoms with E-state index >= 15 is 0 Å². The van der Waals surface area contributed by atoms with Gasteiger partial charge in [0.05, 0.1) is 0 Å². The lowest BCUT2D eigenvalue weighted by Gasteiger charge is -2.05. The smallest absolute Gasteiger partial charge is 0.354 e. The number of carboxylic acid groups (broad SMARTS) is 1. The fourth-order valence-corrected chi connectivity index (χ4v) is 4.99.